The first-order valence-corrected chi connectivity index (χ1v) is 7.10. The molecule has 0 radical (unpaired) electrons. The summed E-state index contributed by atoms with van der Waals surface area (Å²) in [7, 11) is 0. The van der Waals surface area contributed by atoms with E-state index in [0.717, 1.165) is 5.56 Å². The van der Waals surface area contributed by atoms with Gasteiger partial charge in [-0.15, -0.1) is 0 Å². The van der Waals surface area contributed by atoms with Gasteiger partial charge in [-0.1, -0.05) is 81.1 Å². The summed E-state index contributed by atoms with van der Waals surface area (Å²) >= 11 is 21.1. The van der Waals surface area contributed by atoms with Gasteiger partial charge in [0.1, 0.15) is 5.84 Å². The van der Waals surface area contributed by atoms with Gasteiger partial charge in [-0.05, 0) is 5.56 Å². The summed E-state index contributed by atoms with van der Waals surface area (Å²) in [6.07, 6.45) is 0. The van der Waals surface area contributed by atoms with E-state index >= 15 is 0 Å². The second-order valence-corrected chi connectivity index (χ2v) is 7.19. The maximum absolute atomic E-state index is 5.83. The van der Waals surface area contributed by atoms with E-state index in [1.807, 2.05) is 30.3 Å². The lowest BCUT2D eigenvalue weighted by atomic mass is 10.0. The van der Waals surface area contributed by atoms with E-state index in [9.17, 15) is 0 Å². The van der Waals surface area contributed by atoms with Gasteiger partial charge in [-0.3, -0.25) is 4.99 Å². The SMILES string of the molecule is ClC(Cl)(Cl)C1=NC[C@H](Br)[C@@H](c2ccccc2)N1. The van der Waals surface area contributed by atoms with E-state index in [0.29, 0.717) is 12.4 Å². The summed E-state index contributed by atoms with van der Waals surface area (Å²) in [6, 6.07) is 10.1. The predicted molar refractivity (Wildman–Crippen MR) is 77.6 cm³/mol. The molecule has 0 spiro atoms. The van der Waals surface area contributed by atoms with Gasteiger partial charge < -0.3 is 5.32 Å². The molecule has 2 rings (SSSR count). The van der Waals surface area contributed by atoms with Gasteiger partial charge in [0, 0.05) is 0 Å². The number of hydrogen-bond acceptors (Lipinski definition) is 2. The normalized spacial score (nSPS) is 25.1. The number of benzene rings is 1. The van der Waals surface area contributed by atoms with Gasteiger partial charge >= 0.3 is 0 Å². The van der Waals surface area contributed by atoms with E-state index in [1.165, 1.54) is 0 Å². The van der Waals surface area contributed by atoms with Crippen LogP contribution in [0.5, 0.6) is 0 Å². The molecule has 0 aliphatic carbocycles. The number of halogens is 4. The summed E-state index contributed by atoms with van der Waals surface area (Å²) in [4.78, 5) is 4.40. The number of rotatable bonds is 1. The third-order valence-electron chi connectivity index (χ3n) is 2.50. The molecule has 0 saturated heterocycles. The average Bonchev–Trinajstić information content (AvgIpc) is 2.29. The molecule has 1 aromatic rings. The van der Waals surface area contributed by atoms with E-state index in [-0.39, 0.29) is 10.9 Å². The minimum absolute atomic E-state index is 0.0549. The van der Waals surface area contributed by atoms with Crippen molar-refractivity contribution in [1.29, 1.82) is 0 Å². The molecule has 0 unspecified atom stereocenters. The standard InChI is InChI=1S/C11H10BrCl3N2/c12-8-6-16-10(11(13,14)15)17-9(8)7-4-2-1-3-5-7/h1-5,8-9H,6H2,(H,16,17)/t8-,9+/m0/s1. The molecule has 1 aliphatic heterocycles. The molecule has 0 aromatic heterocycles. The number of alkyl halides is 4. The van der Waals surface area contributed by atoms with Crippen molar-refractivity contribution in [3.05, 3.63) is 35.9 Å². The van der Waals surface area contributed by atoms with Gasteiger partial charge in [-0.25, -0.2) is 0 Å². The third-order valence-corrected chi connectivity index (χ3v) is 3.86. The van der Waals surface area contributed by atoms with Gasteiger partial charge in [0.05, 0.1) is 17.4 Å². The first-order chi connectivity index (χ1) is 7.98. The molecule has 17 heavy (non-hydrogen) atoms. The smallest absolute Gasteiger partial charge is 0.247 e. The molecule has 0 saturated carbocycles. The first-order valence-electron chi connectivity index (χ1n) is 5.05. The molecule has 1 heterocycles. The van der Waals surface area contributed by atoms with Crippen molar-refractivity contribution in [3.63, 3.8) is 0 Å². The van der Waals surface area contributed by atoms with Crippen molar-refractivity contribution in [3.8, 4) is 0 Å². The maximum atomic E-state index is 5.83. The van der Waals surface area contributed by atoms with Crippen molar-refractivity contribution in [2.75, 3.05) is 6.54 Å². The van der Waals surface area contributed by atoms with Crippen molar-refractivity contribution < 1.29 is 0 Å². The summed E-state index contributed by atoms with van der Waals surface area (Å²) in [5.74, 6) is 0.395. The van der Waals surface area contributed by atoms with Crippen molar-refractivity contribution in [2.24, 2.45) is 4.99 Å². The highest BCUT2D eigenvalue weighted by molar-refractivity contribution is 9.09. The van der Waals surface area contributed by atoms with Crippen LogP contribution in [-0.4, -0.2) is 21.0 Å². The monoisotopic (exact) mass is 354 g/mol. The highest BCUT2D eigenvalue weighted by Crippen LogP contribution is 2.33. The van der Waals surface area contributed by atoms with Crippen LogP contribution >= 0.6 is 50.7 Å². The Bertz CT molecular complexity index is 416. The van der Waals surface area contributed by atoms with Crippen LogP contribution in [0.1, 0.15) is 11.6 Å². The van der Waals surface area contributed by atoms with Crippen molar-refractivity contribution >= 4 is 56.6 Å². The van der Waals surface area contributed by atoms with Crippen LogP contribution in [0.3, 0.4) is 0 Å². The molecule has 1 aliphatic rings. The number of amidine groups is 1. The minimum atomic E-state index is -1.50. The number of nitrogens with zero attached hydrogens (tertiary/aromatic N) is 1. The molecule has 0 bridgehead atoms. The minimum Gasteiger partial charge on any atom is -0.362 e. The van der Waals surface area contributed by atoms with Crippen molar-refractivity contribution in [1.82, 2.24) is 5.32 Å². The topological polar surface area (TPSA) is 24.4 Å². The van der Waals surface area contributed by atoms with Gasteiger partial charge in [-0.2, -0.15) is 0 Å². The molecule has 92 valence electrons. The summed E-state index contributed by atoms with van der Waals surface area (Å²) in [5.41, 5.74) is 1.14. The Morgan fingerprint density at radius 2 is 1.88 bits per heavy atom. The van der Waals surface area contributed by atoms with E-state index < -0.39 is 3.79 Å². The molecular weight excluding hydrogens is 346 g/mol. The third kappa shape index (κ3) is 3.28. The lowest BCUT2D eigenvalue weighted by molar-refractivity contribution is 0.589. The molecular formula is C11H10BrCl3N2. The summed E-state index contributed by atoms with van der Waals surface area (Å²) in [5, 5.41) is 3.17. The van der Waals surface area contributed by atoms with Gasteiger partial charge in [0.25, 0.3) is 0 Å². The Kier molecular flexibility index (Phi) is 4.24. The van der Waals surface area contributed by atoms with Gasteiger partial charge in [0.15, 0.2) is 0 Å². The Labute approximate surface area is 123 Å². The fourth-order valence-electron chi connectivity index (χ4n) is 1.69. The summed E-state index contributed by atoms with van der Waals surface area (Å²) in [6.45, 7) is 0.579. The molecule has 6 heteroatoms. The zero-order valence-electron chi connectivity index (χ0n) is 8.71. The highest BCUT2D eigenvalue weighted by atomic mass is 79.9. The van der Waals surface area contributed by atoms with Crippen LogP contribution in [0, 0.1) is 0 Å². The molecule has 1 aromatic carbocycles. The predicted octanol–water partition coefficient (Wildman–Crippen LogP) is 3.86. The lowest BCUT2D eigenvalue weighted by Crippen LogP contribution is -2.45. The molecule has 2 atom stereocenters. The van der Waals surface area contributed by atoms with Gasteiger partial charge in [0.2, 0.25) is 3.79 Å². The number of nitrogens with one attached hydrogen (secondary N) is 1. The first kappa shape index (κ1) is 13.5. The summed E-state index contributed by atoms with van der Waals surface area (Å²) < 4.78 is -1.50. The van der Waals surface area contributed by atoms with Crippen LogP contribution < -0.4 is 5.32 Å². The quantitative estimate of drug-likeness (QED) is 0.759. The Balaban J connectivity index is 2.23. The molecule has 0 amide bonds. The van der Waals surface area contributed by atoms with Crippen LogP contribution in [0.4, 0.5) is 0 Å². The molecule has 1 N–H and O–H groups in total. The van der Waals surface area contributed by atoms with Crippen molar-refractivity contribution in [2.45, 2.75) is 14.7 Å². The second kappa shape index (κ2) is 5.35. The Morgan fingerprint density at radius 1 is 1.24 bits per heavy atom. The lowest BCUT2D eigenvalue weighted by Gasteiger charge is -2.31. The average molecular weight is 356 g/mol. The van der Waals surface area contributed by atoms with Crippen LogP contribution in [0.15, 0.2) is 35.3 Å². The van der Waals surface area contributed by atoms with E-state index in [4.69, 9.17) is 34.8 Å². The van der Waals surface area contributed by atoms with Crippen LogP contribution in [-0.2, 0) is 0 Å². The fourth-order valence-corrected chi connectivity index (χ4v) is 2.62. The second-order valence-electron chi connectivity index (χ2n) is 3.74. The molecule has 0 fully saturated rings. The highest BCUT2D eigenvalue weighted by Gasteiger charge is 2.35. The Morgan fingerprint density at radius 3 is 2.47 bits per heavy atom. The maximum Gasteiger partial charge on any atom is 0.247 e. The fraction of sp³-hybridized carbons (Fsp3) is 0.364. The van der Waals surface area contributed by atoms with E-state index in [1.54, 1.807) is 0 Å². The number of aliphatic imine (C=N–C) groups is 1. The number of hydrogen-bond donors (Lipinski definition) is 1. The van der Waals surface area contributed by atoms with Crippen LogP contribution in [0.25, 0.3) is 0 Å². The largest absolute Gasteiger partial charge is 0.362 e. The zero-order valence-corrected chi connectivity index (χ0v) is 12.6. The zero-order chi connectivity index (χ0) is 12.5. The van der Waals surface area contributed by atoms with E-state index in [2.05, 4.69) is 26.2 Å². The van der Waals surface area contributed by atoms with Crippen LogP contribution in [0.2, 0.25) is 0 Å². The molecule has 2 nitrogen and oxygen atoms in total. The Hall–Kier alpha value is 0.0400.